The number of piperidine rings is 1. The van der Waals surface area contributed by atoms with E-state index in [2.05, 4.69) is 15.9 Å². The van der Waals surface area contributed by atoms with Gasteiger partial charge in [-0.1, -0.05) is 15.9 Å². The molecule has 1 aromatic rings. The molecule has 0 aliphatic carbocycles. The molecule has 0 bridgehead atoms. The van der Waals surface area contributed by atoms with Crippen molar-refractivity contribution < 1.29 is 18.0 Å². The molecular weight excluding hydrogens is 323 g/mol. The van der Waals surface area contributed by atoms with Gasteiger partial charge < -0.3 is 4.90 Å². The van der Waals surface area contributed by atoms with Crippen LogP contribution in [0.15, 0.2) is 16.6 Å². The van der Waals surface area contributed by atoms with Crippen LogP contribution in [0.3, 0.4) is 0 Å². The van der Waals surface area contributed by atoms with Crippen molar-refractivity contribution in [3.63, 3.8) is 0 Å². The number of nitrogens with zero attached hydrogens (tertiary/aromatic N) is 1. The van der Waals surface area contributed by atoms with Crippen molar-refractivity contribution in [1.29, 1.82) is 0 Å². The van der Waals surface area contributed by atoms with E-state index in [0.29, 0.717) is 4.47 Å². The standard InChI is InChI=1S/C13H13BrF3NO/c1-8-6-9(11(15)7-10(8)14)12(19)18-4-2-13(16,17)3-5-18/h6-7H,2-5H2,1H3. The summed E-state index contributed by atoms with van der Waals surface area (Å²) in [5.41, 5.74) is 0.665. The number of likely N-dealkylation sites (tertiary alicyclic amines) is 1. The van der Waals surface area contributed by atoms with Crippen LogP contribution in [0.25, 0.3) is 0 Å². The van der Waals surface area contributed by atoms with Crippen LogP contribution in [0.5, 0.6) is 0 Å². The van der Waals surface area contributed by atoms with Crippen molar-refractivity contribution in [2.24, 2.45) is 0 Å². The molecule has 2 nitrogen and oxygen atoms in total. The smallest absolute Gasteiger partial charge is 0.256 e. The summed E-state index contributed by atoms with van der Waals surface area (Å²) in [5.74, 6) is -3.88. The fourth-order valence-electron chi connectivity index (χ4n) is 2.03. The number of benzene rings is 1. The first-order valence-electron chi connectivity index (χ1n) is 5.93. The normalized spacial score (nSPS) is 18.5. The molecule has 1 saturated heterocycles. The monoisotopic (exact) mass is 335 g/mol. The molecular formula is C13H13BrF3NO. The van der Waals surface area contributed by atoms with E-state index in [-0.39, 0.29) is 31.5 Å². The Morgan fingerprint density at radius 1 is 1.32 bits per heavy atom. The van der Waals surface area contributed by atoms with Crippen LogP contribution in [0.2, 0.25) is 0 Å². The summed E-state index contributed by atoms with van der Waals surface area (Å²) in [6.07, 6.45) is -0.730. The van der Waals surface area contributed by atoms with E-state index in [9.17, 15) is 18.0 Å². The molecule has 0 atom stereocenters. The van der Waals surface area contributed by atoms with Crippen LogP contribution in [-0.2, 0) is 0 Å². The summed E-state index contributed by atoms with van der Waals surface area (Å²) < 4.78 is 40.4. The first-order chi connectivity index (χ1) is 8.80. The second-order valence-electron chi connectivity index (χ2n) is 4.73. The number of alkyl halides is 2. The number of halogens is 4. The predicted molar refractivity (Wildman–Crippen MR) is 68.9 cm³/mol. The van der Waals surface area contributed by atoms with E-state index >= 15 is 0 Å². The van der Waals surface area contributed by atoms with Gasteiger partial charge in [-0.15, -0.1) is 0 Å². The first kappa shape index (κ1) is 14.4. The summed E-state index contributed by atoms with van der Waals surface area (Å²) in [7, 11) is 0. The minimum Gasteiger partial charge on any atom is -0.338 e. The number of rotatable bonds is 1. The zero-order valence-corrected chi connectivity index (χ0v) is 11.9. The van der Waals surface area contributed by atoms with Crippen molar-refractivity contribution >= 4 is 21.8 Å². The van der Waals surface area contributed by atoms with E-state index < -0.39 is 17.6 Å². The maximum atomic E-state index is 13.8. The Morgan fingerprint density at radius 3 is 2.47 bits per heavy atom. The van der Waals surface area contributed by atoms with Gasteiger partial charge in [0.25, 0.3) is 11.8 Å². The van der Waals surface area contributed by atoms with Crippen LogP contribution in [0.1, 0.15) is 28.8 Å². The number of amides is 1. The van der Waals surface area contributed by atoms with Gasteiger partial charge in [-0.3, -0.25) is 4.79 Å². The zero-order valence-electron chi connectivity index (χ0n) is 10.4. The molecule has 2 rings (SSSR count). The van der Waals surface area contributed by atoms with Gasteiger partial charge >= 0.3 is 0 Å². The van der Waals surface area contributed by atoms with Crippen molar-refractivity contribution in [3.8, 4) is 0 Å². The lowest BCUT2D eigenvalue weighted by atomic mass is 10.0. The van der Waals surface area contributed by atoms with Gasteiger partial charge in [0.2, 0.25) is 0 Å². The highest BCUT2D eigenvalue weighted by atomic mass is 79.9. The lowest BCUT2D eigenvalue weighted by Gasteiger charge is -2.31. The molecule has 1 aromatic carbocycles. The third-order valence-electron chi connectivity index (χ3n) is 3.26. The zero-order chi connectivity index (χ0) is 14.2. The molecule has 104 valence electrons. The SMILES string of the molecule is Cc1cc(C(=O)N2CCC(F)(F)CC2)c(F)cc1Br. The summed E-state index contributed by atoms with van der Waals surface area (Å²) in [5, 5.41) is 0. The van der Waals surface area contributed by atoms with Gasteiger partial charge in [-0.05, 0) is 24.6 Å². The largest absolute Gasteiger partial charge is 0.338 e. The quantitative estimate of drug-likeness (QED) is 0.765. The van der Waals surface area contributed by atoms with E-state index in [0.717, 1.165) is 5.56 Å². The molecule has 1 heterocycles. The van der Waals surface area contributed by atoms with Crippen molar-refractivity contribution in [2.45, 2.75) is 25.7 Å². The maximum absolute atomic E-state index is 13.8. The molecule has 0 saturated carbocycles. The number of carbonyl (C=O) groups excluding carboxylic acids is 1. The molecule has 0 spiro atoms. The van der Waals surface area contributed by atoms with Gasteiger partial charge in [0.05, 0.1) is 5.56 Å². The van der Waals surface area contributed by atoms with Gasteiger partial charge in [0.15, 0.2) is 0 Å². The Labute approximate surface area is 117 Å². The second kappa shape index (κ2) is 5.15. The predicted octanol–water partition coefficient (Wildman–Crippen LogP) is 3.77. The molecule has 0 unspecified atom stereocenters. The van der Waals surface area contributed by atoms with Gasteiger partial charge in [-0.2, -0.15) is 0 Å². The van der Waals surface area contributed by atoms with E-state index in [1.165, 1.54) is 17.0 Å². The Kier molecular flexibility index (Phi) is 3.90. The molecule has 1 amide bonds. The summed E-state index contributed by atoms with van der Waals surface area (Å²) in [4.78, 5) is 13.4. The summed E-state index contributed by atoms with van der Waals surface area (Å²) in [6.45, 7) is 1.66. The maximum Gasteiger partial charge on any atom is 0.256 e. The summed E-state index contributed by atoms with van der Waals surface area (Å²) >= 11 is 3.18. The van der Waals surface area contributed by atoms with E-state index in [1.807, 2.05) is 0 Å². The Hall–Kier alpha value is -1.04. The average molecular weight is 336 g/mol. The Balaban J connectivity index is 2.19. The topological polar surface area (TPSA) is 20.3 Å². The minimum absolute atomic E-state index is 0.0413. The van der Waals surface area contributed by atoms with Crippen molar-refractivity contribution in [2.75, 3.05) is 13.1 Å². The third-order valence-corrected chi connectivity index (χ3v) is 4.12. The highest BCUT2D eigenvalue weighted by Gasteiger charge is 2.36. The van der Waals surface area contributed by atoms with E-state index in [1.54, 1.807) is 6.92 Å². The van der Waals surface area contributed by atoms with Crippen molar-refractivity contribution in [3.05, 3.63) is 33.5 Å². The summed E-state index contributed by atoms with van der Waals surface area (Å²) in [6, 6.07) is 2.66. The molecule has 19 heavy (non-hydrogen) atoms. The number of carbonyl (C=O) groups is 1. The minimum atomic E-state index is -2.72. The van der Waals surface area contributed by atoms with Gasteiger partial charge in [-0.25, -0.2) is 13.2 Å². The third kappa shape index (κ3) is 3.11. The lowest BCUT2D eigenvalue weighted by Crippen LogP contribution is -2.43. The number of aryl methyl sites for hydroxylation is 1. The van der Waals surface area contributed by atoms with E-state index in [4.69, 9.17) is 0 Å². The van der Waals surface area contributed by atoms with Crippen LogP contribution in [-0.4, -0.2) is 29.8 Å². The number of hydrogen-bond donors (Lipinski definition) is 0. The van der Waals surface area contributed by atoms with Crippen LogP contribution >= 0.6 is 15.9 Å². The van der Waals surface area contributed by atoms with Crippen LogP contribution in [0, 0.1) is 12.7 Å². The highest BCUT2D eigenvalue weighted by Crippen LogP contribution is 2.29. The number of hydrogen-bond acceptors (Lipinski definition) is 1. The molecule has 6 heteroatoms. The van der Waals surface area contributed by atoms with Crippen molar-refractivity contribution in [1.82, 2.24) is 4.90 Å². The first-order valence-corrected chi connectivity index (χ1v) is 6.72. The molecule has 1 aliphatic heterocycles. The van der Waals surface area contributed by atoms with Gasteiger partial charge in [0, 0.05) is 30.4 Å². The molecule has 1 aliphatic rings. The average Bonchev–Trinajstić information content (AvgIpc) is 2.33. The fraction of sp³-hybridized carbons (Fsp3) is 0.462. The second-order valence-corrected chi connectivity index (χ2v) is 5.58. The Bertz CT molecular complexity index is 509. The van der Waals surface area contributed by atoms with Crippen LogP contribution in [0.4, 0.5) is 13.2 Å². The molecule has 1 fully saturated rings. The molecule has 0 N–H and O–H groups in total. The molecule has 0 aromatic heterocycles. The Morgan fingerprint density at radius 2 is 1.89 bits per heavy atom. The molecule has 0 radical (unpaired) electrons. The fourth-order valence-corrected chi connectivity index (χ4v) is 2.34. The highest BCUT2D eigenvalue weighted by molar-refractivity contribution is 9.10. The van der Waals surface area contributed by atoms with Crippen LogP contribution < -0.4 is 0 Å². The van der Waals surface area contributed by atoms with Gasteiger partial charge in [0.1, 0.15) is 5.82 Å². The lowest BCUT2D eigenvalue weighted by molar-refractivity contribution is -0.0494.